The van der Waals surface area contributed by atoms with Gasteiger partial charge in [-0.15, -0.1) is 0 Å². The van der Waals surface area contributed by atoms with Gasteiger partial charge >= 0.3 is 0 Å². The van der Waals surface area contributed by atoms with E-state index in [1.165, 1.54) is 0 Å². The molecule has 184 valence electrons. The molecule has 0 amide bonds. The fraction of sp³-hybridized carbons (Fsp3) is 0.242. The van der Waals surface area contributed by atoms with Gasteiger partial charge in [0.25, 0.3) is 0 Å². The van der Waals surface area contributed by atoms with Crippen molar-refractivity contribution in [3.05, 3.63) is 90.5 Å². The van der Waals surface area contributed by atoms with Crippen LogP contribution in [-0.2, 0) is 10.8 Å². The first-order chi connectivity index (χ1) is 17.6. The summed E-state index contributed by atoms with van der Waals surface area (Å²) in [5.74, 6) is 0.837. The first kappa shape index (κ1) is 23.4. The van der Waals surface area contributed by atoms with Gasteiger partial charge in [-0.3, -0.25) is 4.98 Å². The second kappa shape index (κ2) is 8.24. The average molecular weight is 486 g/mol. The predicted octanol–water partition coefficient (Wildman–Crippen LogP) is 8.85. The van der Waals surface area contributed by atoms with Crippen LogP contribution >= 0.6 is 0 Å². The van der Waals surface area contributed by atoms with E-state index < -0.39 is 0 Å². The second-order valence-corrected chi connectivity index (χ2v) is 11.8. The maximum absolute atomic E-state index is 6.69. The van der Waals surface area contributed by atoms with Crippen LogP contribution in [0.25, 0.3) is 55.2 Å². The molecule has 6 aromatic rings. The summed E-state index contributed by atoms with van der Waals surface area (Å²) in [6.45, 7) is 13.0. The number of fused-ring (bicyclic) bond motifs is 4. The van der Waals surface area contributed by atoms with Gasteiger partial charge in [-0.05, 0) is 29.7 Å². The van der Waals surface area contributed by atoms with E-state index in [1.807, 2.05) is 12.3 Å². The topological polar surface area (TPSA) is 51.8 Å². The zero-order chi connectivity index (χ0) is 25.9. The molecule has 0 bridgehead atoms. The highest BCUT2D eigenvalue weighted by molar-refractivity contribution is 6.12. The van der Waals surface area contributed by atoms with E-state index in [1.54, 1.807) is 0 Å². The molecular formula is C33H31N3O. The highest BCUT2D eigenvalue weighted by Gasteiger charge is 2.25. The zero-order valence-corrected chi connectivity index (χ0v) is 22.3. The molecule has 3 aromatic heterocycles. The normalized spacial score (nSPS) is 12.6. The fourth-order valence-electron chi connectivity index (χ4n) is 4.76. The van der Waals surface area contributed by atoms with Crippen molar-refractivity contribution < 1.29 is 4.42 Å². The summed E-state index contributed by atoms with van der Waals surface area (Å²) in [4.78, 5) is 14.8. The molecular weight excluding hydrogens is 454 g/mol. The van der Waals surface area contributed by atoms with Crippen molar-refractivity contribution >= 4 is 32.7 Å². The summed E-state index contributed by atoms with van der Waals surface area (Å²) < 4.78 is 6.69. The van der Waals surface area contributed by atoms with Crippen LogP contribution in [0.2, 0.25) is 0 Å². The van der Waals surface area contributed by atoms with E-state index >= 15 is 0 Å². The Labute approximate surface area is 217 Å². The molecule has 0 radical (unpaired) electrons. The van der Waals surface area contributed by atoms with E-state index in [4.69, 9.17) is 19.4 Å². The molecule has 37 heavy (non-hydrogen) atoms. The number of benzene rings is 3. The van der Waals surface area contributed by atoms with Gasteiger partial charge in [0.1, 0.15) is 17.0 Å². The van der Waals surface area contributed by atoms with E-state index in [-0.39, 0.29) is 10.8 Å². The van der Waals surface area contributed by atoms with Gasteiger partial charge in [0.05, 0.1) is 17.1 Å². The van der Waals surface area contributed by atoms with Crippen molar-refractivity contribution in [1.82, 2.24) is 15.0 Å². The molecule has 0 aliphatic heterocycles. The molecule has 0 saturated carbocycles. The van der Waals surface area contributed by atoms with Gasteiger partial charge in [-0.1, -0.05) is 90.1 Å². The molecule has 0 aliphatic carbocycles. The van der Waals surface area contributed by atoms with Crippen LogP contribution in [0.1, 0.15) is 53.1 Å². The van der Waals surface area contributed by atoms with Crippen molar-refractivity contribution in [2.24, 2.45) is 0 Å². The van der Waals surface area contributed by atoms with Crippen LogP contribution in [0.15, 0.2) is 83.4 Å². The molecule has 0 fully saturated rings. The van der Waals surface area contributed by atoms with Crippen LogP contribution in [0, 0.1) is 0 Å². The van der Waals surface area contributed by atoms with Gasteiger partial charge < -0.3 is 4.42 Å². The number of aromatic nitrogens is 3. The Morgan fingerprint density at radius 1 is 0.595 bits per heavy atom. The van der Waals surface area contributed by atoms with Crippen molar-refractivity contribution in [3.63, 3.8) is 0 Å². The predicted molar refractivity (Wildman–Crippen MR) is 153 cm³/mol. The average Bonchev–Trinajstić information content (AvgIpc) is 3.26. The maximum Gasteiger partial charge on any atom is 0.144 e. The number of rotatable bonds is 2. The summed E-state index contributed by atoms with van der Waals surface area (Å²) in [5, 5.41) is 4.43. The van der Waals surface area contributed by atoms with Crippen molar-refractivity contribution in [3.8, 4) is 22.5 Å². The molecule has 3 aromatic carbocycles. The number of furan rings is 1. The quantitative estimate of drug-likeness (QED) is 0.246. The Morgan fingerprint density at radius 3 is 1.84 bits per heavy atom. The molecule has 4 heteroatoms. The van der Waals surface area contributed by atoms with Gasteiger partial charge in [0.15, 0.2) is 0 Å². The third-order valence-electron chi connectivity index (χ3n) is 6.87. The number of nitrogens with zero attached hydrogens (tertiary/aromatic N) is 3. The zero-order valence-electron chi connectivity index (χ0n) is 22.3. The molecule has 0 atom stereocenters. The summed E-state index contributed by atoms with van der Waals surface area (Å²) in [6, 6.07) is 25.1. The van der Waals surface area contributed by atoms with Crippen molar-refractivity contribution in [1.29, 1.82) is 0 Å². The Bertz CT molecular complexity index is 1770. The van der Waals surface area contributed by atoms with E-state index in [0.717, 1.165) is 66.7 Å². The molecule has 6 rings (SSSR count). The highest BCUT2D eigenvalue weighted by Crippen LogP contribution is 2.40. The summed E-state index contributed by atoms with van der Waals surface area (Å²) in [7, 11) is 0. The van der Waals surface area contributed by atoms with Crippen molar-refractivity contribution in [2.45, 2.75) is 52.4 Å². The van der Waals surface area contributed by atoms with E-state index in [0.29, 0.717) is 0 Å². The lowest BCUT2D eigenvalue weighted by molar-refractivity contribution is 0.514. The van der Waals surface area contributed by atoms with Crippen LogP contribution < -0.4 is 0 Å². The molecule has 3 heterocycles. The van der Waals surface area contributed by atoms with Crippen LogP contribution in [0.3, 0.4) is 0 Å². The summed E-state index contributed by atoms with van der Waals surface area (Å²) >= 11 is 0. The molecule has 0 spiro atoms. The van der Waals surface area contributed by atoms with Gasteiger partial charge in [-0.25, -0.2) is 9.97 Å². The largest absolute Gasteiger partial charge is 0.455 e. The van der Waals surface area contributed by atoms with E-state index in [2.05, 4.69) is 108 Å². The number of para-hydroxylation sites is 2. The lowest BCUT2D eigenvalue weighted by Gasteiger charge is -2.23. The monoisotopic (exact) mass is 485 g/mol. The third kappa shape index (κ3) is 4.07. The van der Waals surface area contributed by atoms with Crippen LogP contribution in [0.5, 0.6) is 0 Å². The van der Waals surface area contributed by atoms with Gasteiger partial charge in [0, 0.05) is 44.3 Å². The van der Waals surface area contributed by atoms with Gasteiger partial charge in [0.2, 0.25) is 0 Å². The Morgan fingerprint density at radius 2 is 1.22 bits per heavy atom. The SMILES string of the molecule is CC(C)(C)c1cc(-c2cccc3c2oc2c(-c4cc5ccccc5cn4)cccc23)nc(C(C)(C)C)n1. The number of hydrogen-bond acceptors (Lipinski definition) is 4. The van der Waals surface area contributed by atoms with Gasteiger partial charge in [-0.2, -0.15) is 0 Å². The molecule has 0 aliphatic rings. The minimum Gasteiger partial charge on any atom is -0.455 e. The number of pyridine rings is 1. The minimum atomic E-state index is -0.174. The maximum atomic E-state index is 6.69. The standard InChI is InChI=1S/C33H31N3O/c1-32(2,3)28-18-27(35-31(36-28)33(4,5)6)25-16-10-14-23-22-13-9-15-24(29(22)37-30(23)25)26-17-20-11-7-8-12-21(20)19-34-26/h7-19H,1-6H3. The Balaban J connectivity index is 1.60. The first-order valence-electron chi connectivity index (χ1n) is 12.8. The lowest BCUT2D eigenvalue weighted by atomic mass is 9.89. The second-order valence-electron chi connectivity index (χ2n) is 11.8. The first-order valence-corrected chi connectivity index (χ1v) is 12.8. The molecule has 0 saturated heterocycles. The number of hydrogen-bond donors (Lipinski definition) is 0. The van der Waals surface area contributed by atoms with Crippen LogP contribution in [0.4, 0.5) is 0 Å². The highest BCUT2D eigenvalue weighted by atomic mass is 16.3. The summed E-state index contributed by atoms with van der Waals surface area (Å²) in [5.41, 5.74) is 6.18. The smallest absolute Gasteiger partial charge is 0.144 e. The molecule has 0 N–H and O–H groups in total. The van der Waals surface area contributed by atoms with Crippen molar-refractivity contribution in [2.75, 3.05) is 0 Å². The Hall–Kier alpha value is -4.05. The minimum absolute atomic E-state index is 0.103. The lowest BCUT2D eigenvalue weighted by Crippen LogP contribution is -2.22. The van der Waals surface area contributed by atoms with Crippen LogP contribution in [-0.4, -0.2) is 15.0 Å². The fourth-order valence-corrected chi connectivity index (χ4v) is 4.76. The molecule has 4 nitrogen and oxygen atoms in total. The summed E-state index contributed by atoms with van der Waals surface area (Å²) in [6.07, 6.45) is 1.93. The van der Waals surface area contributed by atoms with E-state index in [9.17, 15) is 0 Å². The third-order valence-corrected chi connectivity index (χ3v) is 6.87. The molecule has 0 unspecified atom stereocenters. The Kier molecular flexibility index (Phi) is 5.20.